The molecule has 0 aromatic heterocycles. The molecule has 0 saturated carbocycles. The third-order valence-corrected chi connectivity index (χ3v) is 4.10. The summed E-state index contributed by atoms with van der Waals surface area (Å²) in [7, 11) is 0. The van der Waals surface area contributed by atoms with Gasteiger partial charge in [0.1, 0.15) is 0 Å². The summed E-state index contributed by atoms with van der Waals surface area (Å²) in [6, 6.07) is 0.678. The lowest BCUT2D eigenvalue weighted by Crippen LogP contribution is -2.51. The molecule has 2 heterocycles. The minimum Gasteiger partial charge on any atom is -0.389 e. The van der Waals surface area contributed by atoms with E-state index in [4.69, 9.17) is 0 Å². The molecular weight excluding hydrogens is 188 g/mol. The van der Waals surface area contributed by atoms with Crippen molar-refractivity contribution in [2.45, 2.75) is 44.8 Å². The van der Waals surface area contributed by atoms with E-state index in [0.717, 1.165) is 25.4 Å². The van der Waals surface area contributed by atoms with E-state index in [2.05, 4.69) is 17.1 Å². The SMILES string of the molecule is CCC(C)(O)CN1CCCC2CNCC21. The molecule has 3 heteroatoms. The smallest absolute Gasteiger partial charge is 0.0743 e. The normalized spacial score (nSPS) is 36.2. The van der Waals surface area contributed by atoms with Crippen LogP contribution in [0, 0.1) is 5.92 Å². The third-order valence-electron chi connectivity index (χ3n) is 4.10. The van der Waals surface area contributed by atoms with Crippen molar-refractivity contribution < 1.29 is 5.11 Å². The Hall–Kier alpha value is -0.120. The fourth-order valence-electron chi connectivity index (χ4n) is 2.91. The van der Waals surface area contributed by atoms with Crippen LogP contribution in [-0.4, -0.2) is 47.8 Å². The van der Waals surface area contributed by atoms with Crippen molar-refractivity contribution in [3.63, 3.8) is 0 Å². The Morgan fingerprint density at radius 2 is 2.27 bits per heavy atom. The second-order valence-corrected chi connectivity index (χ2v) is 5.45. The molecule has 0 spiro atoms. The first-order valence-electron chi connectivity index (χ1n) is 6.29. The Labute approximate surface area is 92.8 Å². The summed E-state index contributed by atoms with van der Waals surface area (Å²) in [4.78, 5) is 2.50. The van der Waals surface area contributed by atoms with Gasteiger partial charge in [0, 0.05) is 19.1 Å². The molecule has 15 heavy (non-hydrogen) atoms. The summed E-state index contributed by atoms with van der Waals surface area (Å²) in [6.45, 7) is 8.32. The molecule has 3 atom stereocenters. The minimum atomic E-state index is -0.509. The number of fused-ring (bicyclic) bond motifs is 1. The Kier molecular flexibility index (Phi) is 3.33. The third kappa shape index (κ3) is 2.52. The van der Waals surface area contributed by atoms with Crippen LogP contribution in [0.25, 0.3) is 0 Å². The van der Waals surface area contributed by atoms with E-state index >= 15 is 0 Å². The second kappa shape index (κ2) is 4.40. The highest BCUT2D eigenvalue weighted by atomic mass is 16.3. The van der Waals surface area contributed by atoms with Gasteiger partial charge in [-0.3, -0.25) is 4.90 Å². The molecule has 0 aliphatic carbocycles. The number of hydrogen-bond acceptors (Lipinski definition) is 3. The molecule has 2 fully saturated rings. The number of aliphatic hydroxyl groups is 1. The van der Waals surface area contributed by atoms with E-state index in [0.29, 0.717) is 6.04 Å². The lowest BCUT2D eigenvalue weighted by molar-refractivity contribution is -0.0106. The maximum absolute atomic E-state index is 10.1. The largest absolute Gasteiger partial charge is 0.389 e. The van der Waals surface area contributed by atoms with E-state index in [1.165, 1.54) is 25.9 Å². The van der Waals surface area contributed by atoms with Crippen LogP contribution in [0.1, 0.15) is 33.1 Å². The van der Waals surface area contributed by atoms with Crippen molar-refractivity contribution >= 4 is 0 Å². The highest BCUT2D eigenvalue weighted by Crippen LogP contribution is 2.28. The lowest BCUT2D eigenvalue weighted by atomic mass is 9.90. The predicted octanol–water partition coefficient (Wildman–Crippen LogP) is 0.831. The number of nitrogens with one attached hydrogen (secondary N) is 1. The summed E-state index contributed by atoms with van der Waals surface area (Å²) in [5.74, 6) is 0.825. The fraction of sp³-hybridized carbons (Fsp3) is 1.00. The molecular formula is C12H24N2O. The zero-order valence-electron chi connectivity index (χ0n) is 10.00. The Morgan fingerprint density at radius 1 is 1.47 bits per heavy atom. The van der Waals surface area contributed by atoms with Gasteiger partial charge in [-0.05, 0) is 45.2 Å². The van der Waals surface area contributed by atoms with E-state index in [1.807, 2.05) is 6.92 Å². The second-order valence-electron chi connectivity index (χ2n) is 5.45. The van der Waals surface area contributed by atoms with Crippen LogP contribution in [0.15, 0.2) is 0 Å². The highest BCUT2D eigenvalue weighted by molar-refractivity contribution is 4.94. The van der Waals surface area contributed by atoms with Crippen molar-refractivity contribution in [2.75, 3.05) is 26.2 Å². The number of piperidine rings is 1. The maximum atomic E-state index is 10.1. The van der Waals surface area contributed by atoms with Gasteiger partial charge in [0.05, 0.1) is 5.60 Å². The predicted molar refractivity (Wildman–Crippen MR) is 61.9 cm³/mol. The minimum absolute atomic E-state index is 0.509. The van der Waals surface area contributed by atoms with E-state index < -0.39 is 5.60 Å². The average Bonchev–Trinajstić information content (AvgIpc) is 2.66. The van der Waals surface area contributed by atoms with Crippen LogP contribution in [-0.2, 0) is 0 Å². The molecule has 0 amide bonds. The van der Waals surface area contributed by atoms with Crippen LogP contribution in [0.2, 0.25) is 0 Å². The molecule has 0 bridgehead atoms. The molecule has 2 N–H and O–H groups in total. The summed E-state index contributed by atoms with van der Waals surface area (Å²) in [5.41, 5.74) is -0.509. The fourth-order valence-corrected chi connectivity index (χ4v) is 2.91. The number of rotatable bonds is 3. The molecule has 2 rings (SSSR count). The molecule has 2 saturated heterocycles. The quantitative estimate of drug-likeness (QED) is 0.727. The number of nitrogens with zero attached hydrogens (tertiary/aromatic N) is 1. The first-order chi connectivity index (χ1) is 7.12. The van der Waals surface area contributed by atoms with Crippen molar-refractivity contribution in [1.29, 1.82) is 0 Å². The zero-order chi connectivity index (χ0) is 10.9. The van der Waals surface area contributed by atoms with Crippen LogP contribution >= 0.6 is 0 Å². The van der Waals surface area contributed by atoms with Gasteiger partial charge >= 0.3 is 0 Å². The highest BCUT2D eigenvalue weighted by Gasteiger charge is 2.37. The van der Waals surface area contributed by atoms with Crippen LogP contribution in [0.3, 0.4) is 0 Å². The standard InChI is InChI=1S/C12H24N2O/c1-3-12(2,15)9-14-6-4-5-10-7-13-8-11(10)14/h10-11,13,15H,3-9H2,1-2H3. The molecule has 88 valence electrons. The monoisotopic (exact) mass is 212 g/mol. The first kappa shape index (κ1) is 11.4. The average molecular weight is 212 g/mol. The zero-order valence-corrected chi connectivity index (χ0v) is 10.00. The molecule has 3 nitrogen and oxygen atoms in total. The van der Waals surface area contributed by atoms with Gasteiger partial charge in [0.25, 0.3) is 0 Å². The lowest BCUT2D eigenvalue weighted by Gasteiger charge is -2.40. The van der Waals surface area contributed by atoms with Gasteiger partial charge < -0.3 is 10.4 Å². The van der Waals surface area contributed by atoms with Crippen LogP contribution < -0.4 is 5.32 Å². The molecule has 2 aliphatic rings. The molecule has 3 unspecified atom stereocenters. The molecule has 0 aromatic rings. The summed E-state index contributed by atoms with van der Waals surface area (Å²) < 4.78 is 0. The topological polar surface area (TPSA) is 35.5 Å². The number of likely N-dealkylation sites (tertiary alicyclic amines) is 1. The van der Waals surface area contributed by atoms with Gasteiger partial charge in [0.2, 0.25) is 0 Å². The van der Waals surface area contributed by atoms with Crippen molar-refractivity contribution in [2.24, 2.45) is 5.92 Å². The van der Waals surface area contributed by atoms with Crippen molar-refractivity contribution in [3.05, 3.63) is 0 Å². The van der Waals surface area contributed by atoms with Crippen molar-refractivity contribution in [3.8, 4) is 0 Å². The van der Waals surface area contributed by atoms with Crippen LogP contribution in [0.4, 0.5) is 0 Å². The summed E-state index contributed by atoms with van der Waals surface area (Å²) >= 11 is 0. The number of β-amino-alcohol motifs (C(OH)–C–C–N with tert-alkyl or cyclic N) is 1. The Bertz CT molecular complexity index is 218. The van der Waals surface area contributed by atoms with Gasteiger partial charge in [-0.25, -0.2) is 0 Å². The Balaban J connectivity index is 1.96. The van der Waals surface area contributed by atoms with Gasteiger partial charge in [0.15, 0.2) is 0 Å². The number of hydrogen-bond donors (Lipinski definition) is 2. The van der Waals surface area contributed by atoms with Gasteiger partial charge in [-0.1, -0.05) is 6.92 Å². The maximum Gasteiger partial charge on any atom is 0.0743 e. The van der Waals surface area contributed by atoms with E-state index in [-0.39, 0.29) is 0 Å². The Morgan fingerprint density at radius 3 is 3.00 bits per heavy atom. The molecule has 0 aromatic carbocycles. The molecule has 0 radical (unpaired) electrons. The summed E-state index contributed by atoms with van der Waals surface area (Å²) in [6.07, 6.45) is 3.50. The van der Waals surface area contributed by atoms with E-state index in [1.54, 1.807) is 0 Å². The summed E-state index contributed by atoms with van der Waals surface area (Å²) in [5, 5.41) is 13.6. The first-order valence-corrected chi connectivity index (χ1v) is 6.29. The van der Waals surface area contributed by atoms with Crippen molar-refractivity contribution in [1.82, 2.24) is 10.2 Å². The van der Waals surface area contributed by atoms with Crippen LogP contribution in [0.5, 0.6) is 0 Å². The van der Waals surface area contributed by atoms with Gasteiger partial charge in [-0.2, -0.15) is 0 Å². The van der Waals surface area contributed by atoms with Gasteiger partial charge in [-0.15, -0.1) is 0 Å². The van der Waals surface area contributed by atoms with E-state index in [9.17, 15) is 5.11 Å². The molecule has 2 aliphatic heterocycles.